The number of rotatable bonds is 5. The van der Waals surface area contributed by atoms with Crippen LogP contribution in [0.25, 0.3) is 98.5 Å². The van der Waals surface area contributed by atoms with Crippen LogP contribution >= 0.6 is 6.04 Å². The van der Waals surface area contributed by atoms with Gasteiger partial charge in [0.15, 0.2) is 0 Å². The molecule has 10 aromatic carbocycles. The first-order valence-electron chi connectivity index (χ1n) is 21.1. The van der Waals surface area contributed by atoms with Crippen molar-refractivity contribution in [1.29, 1.82) is 0 Å². The molecule has 0 N–H and O–H groups in total. The molecule has 3 heterocycles. The number of imidazole rings is 1. The van der Waals surface area contributed by atoms with Gasteiger partial charge in [0.2, 0.25) is 0 Å². The molecule has 62 heavy (non-hydrogen) atoms. The first-order valence-corrected chi connectivity index (χ1v) is 23.9. The fourth-order valence-electron chi connectivity index (χ4n) is 9.94. The number of aromatic nitrogens is 3. The molecule has 0 fully saturated rings. The highest BCUT2D eigenvalue weighted by atomic mass is 32.4. The molecule has 0 saturated carbocycles. The molecule has 0 bridgehead atoms. The predicted molar refractivity (Wildman–Crippen MR) is 269 cm³/mol. The molecule has 0 amide bonds. The van der Waals surface area contributed by atoms with Gasteiger partial charge >= 0.3 is 0 Å². The third-order valence-electron chi connectivity index (χ3n) is 12.9. The summed E-state index contributed by atoms with van der Waals surface area (Å²) in [5, 5.41) is 14.5. The Balaban J connectivity index is 0.988. The van der Waals surface area contributed by atoms with Gasteiger partial charge in [-0.25, -0.2) is 4.98 Å². The van der Waals surface area contributed by atoms with Gasteiger partial charge in [-0.05, 0) is 121 Å². The summed E-state index contributed by atoms with van der Waals surface area (Å²) < 4.78 is 4.74. The Labute approximate surface area is 362 Å². The van der Waals surface area contributed by atoms with E-state index in [9.17, 15) is 0 Å². The highest BCUT2D eigenvalue weighted by Gasteiger charge is 2.25. The second-order valence-corrected chi connectivity index (χ2v) is 20.7. The van der Waals surface area contributed by atoms with E-state index in [0.29, 0.717) is 0 Å². The highest BCUT2D eigenvalue weighted by Crippen LogP contribution is 2.44. The van der Waals surface area contributed by atoms with Gasteiger partial charge in [-0.2, -0.15) is 0 Å². The Hall–Kier alpha value is -7.36. The van der Waals surface area contributed by atoms with Crippen molar-refractivity contribution in [3.05, 3.63) is 218 Å². The molecule has 3 nitrogen and oxygen atoms in total. The molecule has 3 aromatic heterocycles. The SMILES string of the molecule is S=P(c1ccccc1)(c1ccccc1)c1ccc2cc(-c3ccc4c(c3)c3cc5ccccc5cc3c3nc5cc(-n6c7ccccc7c7ccccc76)ccc5n43)ccc2c1. The molecular formula is C57H36N3PS. The van der Waals surface area contributed by atoms with Crippen LogP contribution in [0.15, 0.2) is 218 Å². The molecule has 5 heteroatoms. The molecule has 0 aliphatic heterocycles. The van der Waals surface area contributed by atoms with E-state index in [1.165, 1.54) is 81.2 Å². The third kappa shape index (κ3) is 5.24. The summed E-state index contributed by atoms with van der Waals surface area (Å²) in [5.41, 5.74) is 9.99. The van der Waals surface area contributed by atoms with Crippen molar-refractivity contribution in [1.82, 2.24) is 14.0 Å². The second kappa shape index (κ2) is 13.6. The minimum Gasteiger partial charge on any atom is -0.309 e. The zero-order valence-electron chi connectivity index (χ0n) is 33.5. The standard InChI is InChI=1S/C57H36N3PS/c62-61(44-15-3-1-4-16-44,45-17-5-2-6-18-45)46-28-25-40-31-39(23-24-41(40)32-46)42-26-29-55-50(34-42)49-33-37-13-7-8-14-38(37)35-51(49)57-58-52-36-43(27-30-56(52)60(55)57)59-53-21-11-9-19-47(53)48-20-10-12-22-54(48)59/h1-36H. The number of fused-ring (bicyclic) bond motifs is 13. The van der Waals surface area contributed by atoms with Crippen LogP contribution in [0.2, 0.25) is 0 Å². The molecule has 0 aliphatic rings. The lowest BCUT2D eigenvalue weighted by molar-refractivity contribution is 1.18. The maximum Gasteiger partial charge on any atom is 0.146 e. The fourth-order valence-corrected chi connectivity index (χ4v) is 13.7. The van der Waals surface area contributed by atoms with Crippen LogP contribution in [0.4, 0.5) is 0 Å². The van der Waals surface area contributed by atoms with Crippen molar-refractivity contribution in [3.63, 3.8) is 0 Å². The lowest BCUT2D eigenvalue weighted by Crippen LogP contribution is -2.24. The van der Waals surface area contributed by atoms with Crippen molar-refractivity contribution in [2.45, 2.75) is 0 Å². The van der Waals surface area contributed by atoms with Gasteiger partial charge in [0, 0.05) is 33.3 Å². The maximum atomic E-state index is 6.70. The smallest absolute Gasteiger partial charge is 0.146 e. The summed E-state index contributed by atoms with van der Waals surface area (Å²) in [6, 6.07) is 77.1. The van der Waals surface area contributed by atoms with Gasteiger partial charge in [-0.1, -0.05) is 163 Å². The molecule has 0 aliphatic carbocycles. The van der Waals surface area contributed by atoms with E-state index in [1.807, 2.05) is 0 Å². The van der Waals surface area contributed by atoms with Crippen LogP contribution in [0.3, 0.4) is 0 Å². The molecule has 290 valence electrons. The van der Waals surface area contributed by atoms with E-state index in [2.05, 4.69) is 227 Å². The Kier molecular flexibility index (Phi) is 7.75. The lowest BCUT2D eigenvalue weighted by Gasteiger charge is -2.24. The average molecular weight is 826 g/mol. The normalized spacial score (nSPS) is 12.3. The zero-order valence-corrected chi connectivity index (χ0v) is 35.2. The molecule has 13 aromatic rings. The number of hydrogen-bond donors (Lipinski definition) is 0. The molecular weight excluding hydrogens is 790 g/mol. The quantitative estimate of drug-likeness (QED) is 0.0980. The van der Waals surface area contributed by atoms with Crippen LogP contribution < -0.4 is 15.9 Å². The van der Waals surface area contributed by atoms with Gasteiger partial charge in [0.25, 0.3) is 0 Å². The first-order chi connectivity index (χ1) is 30.6. The van der Waals surface area contributed by atoms with E-state index >= 15 is 0 Å². The number of pyridine rings is 1. The van der Waals surface area contributed by atoms with Gasteiger partial charge in [0.05, 0.1) is 27.6 Å². The summed E-state index contributed by atoms with van der Waals surface area (Å²) in [4.78, 5) is 5.45. The summed E-state index contributed by atoms with van der Waals surface area (Å²) in [6.45, 7) is 0. The van der Waals surface area contributed by atoms with Crippen LogP contribution in [0, 0.1) is 0 Å². The van der Waals surface area contributed by atoms with E-state index in [0.717, 1.165) is 33.3 Å². The molecule has 13 rings (SSSR count). The Morgan fingerprint density at radius 1 is 0.355 bits per heavy atom. The lowest BCUT2D eigenvalue weighted by atomic mass is 9.96. The third-order valence-corrected chi connectivity index (χ3v) is 17.8. The summed E-state index contributed by atoms with van der Waals surface area (Å²) in [5.74, 6) is 0. The monoisotopic (exact) mass is 825 g/mol. The number of nitrogens with zero attached hydrogens (tertiary/aromatic N) is 3. The Bertz CT molecular complexity index is 3920. The van der Waals surface area contributed by atoms with E-state index in [1.54, 1.807) is 0 Å². The number of para-hydroxylation sites is 2. The van der Waals surface area contributed by atoms with Gasteiger partial charge in [0.1, 0.15) is 5.65 Å². The average Bonchev–Trinajstić information content (AvgIpc) is 3.89. The summed E-state index contributed by atoms with van der Waals surface area (Å²) in [6.07, 6.45) is 0. The van der Waals surface area contributed by atoms with E-state index < -0.39 is 6.04 Å². The first kappa shape index (κ1) is 35.4. The second-order valence-electron chi connectivity index (χ2n) is 16.3. The maximum absolute atomic E-state index is 6.70. The summed E-state index contributed by atoms with van der Waals surface area (Å²) in [7, 11) is 0. The minimum atomic E-state index is -2.26. The molecule has 0 saturated heterocycles. The minimum absolute atomic E-state index is 0.966. The molecule has 0 spiro atoms. The molecule has 0 unspecified atom stereocenters. The molecule has 0 radical (unpaired) electrons. The van der Waals surface area contributed by atoms with E-state index in [-0.39, 0.29) is 0 Å². The topological polar surface area (TPSA) is 22.2 Å². The Morgan fingerprint density at radius 2 is 0.903 bits per heavy atom. The van der Waals surface area contributed by atoms with Crippen LogP contribution in [0.5, 0.6) is 0 Å². The van der Waals surface area contributed by atoms with Crippen molar-refractivity contribution >= 4 is 115 Å². The van der Waals surface area contributed by atoms with Crippen LogP contribution in [-0.2, 0) is 11.8 Å². The largest absolute Gasteiger partial charge is 0.309 e. The van der Waals surface area contributed by atoms with Crippen LogP contribution in [0.1, 0.15) is 0 Å². The number of hydrogen-bond acceptors (Lipinski definition) is 2. The van der Waals surface area contributed by atoms with E-state index in [4.69, 9.17) is 16.8 Å². The van der Waals surface area contributed by atoms with Gasteiger partial charge < -0.3 is 4.57 Å². The summed E-state index contributed by atoms with van der Waals surface area (Å²) >= 11 is 6.70. The predicted octanol–water partition coefficient (Wildman–Crippen LogP) is 13.6. The Morgan fingerprint density at radius 3 is 1.61 bits per heavy atom. The van der Waals surface area contributed by atoms with Crippen molar-refractivity contribution in [2.75, 3.05) is 0 Å². The van der Waals surface area contributed by atoms with Crippen molar-refractivity contribution in [3.8, 4) is 16.8 Å². The highest BCUT2D eigenvalue weighted by molar-refractivity contribution is 8.25. The number of benzene rings is 10. The van der Waals surface area contributed by atoms with Gasteiger partial charge in [-0.15, -0.1) is 0 Å². The van der Waals surface area contributed by atoms with Gasteiger partial charge in [-0.3, -0.25) is 4.40 Å². The molecule has 0 atom stereocenters. The van der Waals surface area contributed by atoms with Crippen LogP contribution in [-0.4, -0.2) is 14.0 Å². The van der Waals surface area contributed by atoms with Crippen molar-refractivity contribution < 1.29 is 0 Å². The fraction of sp³-hybridized carbons (Fsp3) is 0. The zero-order chi connectivity index (χ0) is 40.9. The van der Waals surface area contributed by atoms with Crippen molar-refractivity contribution in [2.24, 2.45) is 0 Å².